The van der Waals surface area contributed by atoms with E-state index in [4.69, 9.17) is 4.74 Å². The summed E-state index contributed by atoms with van der Waals surface area (Å²) in [6, 6.07) is 14.0. The molecule has 3 aromatic rings. The third kappa shape index (κ3) is 5.42. The van der Waals surface area contributed by atoms with E-state index in [0.717, 1.165) is 23.4 Å². The van der Waals surface area contributed by atoms with Gasteiger partial charge in [0.25, 0.3) is 0 Å². The van der Waals surface area contributed by atoms with E-state index in [9.17, 15) is 4.79 Å². The number of hydrogen-bond donors (Lipinski definition) is 1. The molecule has 0 saturated carbocycles. The third-order valence-electron chi connectivity index (χ3n) is 4.87. The van der Waals surface area contributed by atoms with Crippen LogP contribution in [0.3, 0.4) is 0 Å². The van der Waals surface area contributed by atoms with Gasteiger partial charge in [-0.1, -0.05) is 48.5 Å². The molecule has 1 aromatic heterocycles. The van der Waals surface area contributed by atoms with Crippen molar-refractivity contribution >= 4 is 23.4 Å². The lowest BCUT2D eigenvalue weighted by Gasteiger charge is -2.14. The summed E-state index contributed by atoms with van der Waals surface area (Å²) in [6.45, 7) is 8.09. The first-order valence-electron chi connectivity index (χ1n) is 10.0. The average molecular weight is 425 g/mol. The van der Waals surface area contributed by atoms with Crippen molar-refractivity contribution in [3.05, 3.63) is 65.0 Å². The van der Waals surface area contributed by atoms with Crippen LogP contribution in [-0.4, -0.2) is 26.4 Å². The van der Waals surface area contributed by atoms with Crippen LogP contribution >= 0.6 is 11.8 Å². The smallest absolute Gasteiger partial charge is 0.234 e. The largest absolute Gasteiger partial charge is 0.483 e. The number of nitrogens with zero attached hydrogens (tertiary/aromatic N) is 3. The second-order valence-corrected chi connectivity index (χ2v) is 8.26. The number of carbonyl (C=O) groups is 1. The lowest BCUT2D eigenvalue weighted by molar-refractivity contribution is -0.113. The first-order chi connectivity index (χ1) is 14.4. The van der Waals surface area contributed by atoms with Gasteiger partial charge in [-0.3, -0.25) is 4.79 Å². The molecule has 3 rings (SSSR count). The molecule has 7 heteroatoms. The second-order valence-electron chi connectivity index (χ2n) is 7.31. The fraction of sp³-hybridized carbons (Fsp3) is 0.348. The van der Waals surface area contributed by atoms with Crippen molar-refractivity contribution in [2.45, 2.75) is 45.4 Å². The highest BCUT2D eigenvalue weighted by Crippen LogP contribution is 2.24. The van der Waals surface area contributed by atoms with Crippen molar-refractivity contribution in [2.75, 3.05) is 11.1 Å². The standard InChI is InChI=1S/C23H28N4O2S/c1-6-18-8-10-19(11-9-18)29-17(4)22-25-26-23(27(22)5)30-14-21(28)24-20-12-7-15(2)13-16(20)3/h7-13,17H,6,14H2,1-5H3,(H,24,28). The van der Waals surface area contributed by atoms with E-state index in [2.05, 4.69) is 40.6 Å². The Kier molecular flexibility index (Phi) is 7.15. The van der Waals surface area contributed by atoms with Gasteiger partial charge >= 0.3 is 0 Å². The topological polar surface area (TPSA) is 69.0 Å². The summed E-state index contributed by atoms with van der Waals surface area (Å²) < 4.78 is 7.88. The van der Waals surface area contributed by atoms with E-state index in [-0.39, 0.29) is 17.8 Å². The molecule has 6 nitrogen and oxygen atoms in total. The fourth-order valence-corrected chi connectivity index (χ4v) is 3.85. The highest BCUT2D eigenvalue weighted by atomic mass is 32.2. The first kappa shape index (κ1) is 21.9. The number of thioether (sulfide) groups is 1. The summed E-state index contributed by atoms with van der Waals surface area (Å²) in [5.41, 5.74) is 4.32. The van der Waals surface area contributed by atoms with Crippen molar-refractivity contribution < 1.29 is 9.53 Å². The maximum atomic E-state index is 12.4. The molecule has 0 aliphatic heterocycles. The van der Waals surface area contributed by atoms with Gasteiger partial charge in [-0.2, -0.15) is 0 Å². The Labute approximate surface area is 182 Å². The maximum absolute atomic E-state index is 12.4. The summed E-state index contributed by atoms with van der Waals surface area (Å²) in [6.07, 6.45) is 0.741. The van der Waals surface area contributed by atoms with Gasteiger partial charge in [-0.25, -0.2) is 0 Å². The minimum atomic E-state index is -0.256. The van der Waals surface area contributed by atoms with Gasteiger partial charge in [0.05, 0.1) is 5.75 Å². The summed E-state index contributed by atoms with van der Waals surface area (Å²) in [4.78, 5) is 12.4. The van der Waals surface area contributed by atoms with Crippen LogP contribution in [0.4, 0.5) is 5.69 Å². The van der Waals surface area contributed by atoms with Crippen molar-refractivity contribution in [1.82, 2.24) is 14.8 Å². The molecule has 0 saturated heterocycles. The van der Waals surface area contributed by atoms with E-state index < -0.39 is 0 Å². The summed E-state index contributed by atoms with van der Waals surface area (Å²) in [5, 5.41) is 12.1. The Morgan fingerprint density at radius 1 is 1.17 bits per heavy atom. The monoisotopic (exact) mass is 424 g/mol. The molecule has 30 heavy (non-hydrogen) atoms. The molecule has 1 N–H and O–H groups in total. The molecule has 0 aliphatic rings. The molecule has 0 radical (unpaired) electrons. The number of ether oxygens (including phenoxy) is 1. The lowest BCUT2D eigenvalue weighted by atomic mass is 10.1. The zero-order valence-corrected chi connectivity index (χ0v) is 18.9. The van der Waals surface area contributed by atoms with Crippen LogP contribution in [0.15, 0.2) is 47.6 Å². The lowest BCUT2D eigenvalue weighted by Crippen LogP contribution is -2.15. The minimum absolute atomic E-state index is 0.0724. The number of aryl methyl sites for hydroxylation is 3. The van der Waals surface area contributed by atoms with Gasteiger partial charge in [0.15, 0.2) is 17.1 Å². The van der Waals surface area contributed by atoms with Crippen LogP contribution in [-0.2, 0) is 18.3 Å². The van der Waals surface area contributed by atoms with Crippen LogP contribution in [0.1, 0.15) is 42.5 Å². The maximum Gasteiger partial charge on any atom is 0.234 e. The Bertz CT molecular complexity index is 1010. The highest BCUT2D eigenvalue weighted by molar-refractivity contribution is 7.99. The van der Waals surface area contributed by atoms with E-state index >= 15 is 0 Å². The average Bonchev–Trinajstić information content (AvgIpc) is 3.09. The summed E-state index contributed by atoms with van der Waals surface area (Å²) in [7, 11) is 1.89. The number of rotatable bonds is 8. The van der Waals surface area contributed by atoms with Crippen LogP contribution in [0.25, 0.3) is 0 Å². The number of benzene rings is 2. The molecule has 0 spiro atoms. The molecule has 158 valence electrons. The minimum Gasteiger partial charge on any atom is -0.483 e. The molecule has 0 fully saturated rings. The van der Waals surface area contributed by atoms with E-state index in [1.165, 1.54) is 22.9 Å². The molecule has 2 aromatic carbocycles. The van der Waals surface area contributed by atoms with Crippen molar-refractivity contribution in [2.24, 2.45) is 7.05 Å². The number of amides is 1. The fourth-order valence-electron chi connectivity index (χ4n) is 3.14. The molecular weight excluding hydrogens is 396 g/mol. The molecule has 1 heterocycles. The number of carbonyl (C=O) groups excluding carboxylic acids is 1. The van der Waals surface area contributed by atoms with Crippen molar-refractivity contribution in [3.8, 4) is 5.75 Å². The second kappa shape index (κ2) is 9.80. The van der Waals surface area contributed by atoms with Crippen LogP contribution in [0.2, 0.25) is 0 Å². The molecule has 1 atom stereocenters. The normalized spacial score (nSPS) is 11.9. The van der Waals surface area contributed by atoms with Crippen LogP contribution in [0, 0.1) is 13.8 Å². The predicted octanol–water partition coefficient (Wildman–Crippen LogP) is 4.87. The van der Waals surface area contributed by atoms with Gasteiger partial charge < -0.3 is 14.6 Å². The Balaban J connectivity index is 1.58. The van der Waals surface area contributed by atoms with Crippen LogP contribution in [0.5, 0.6) is 5.75 Å². The van der Waals surface area contributed by atoms with Gasteiger partial charge in [-0.15, -0.1) is 10.2 Å². The van der Waals surface area contributed by atoms with Crippen molar-refractivity contribution in [1.29, 1.82) is 0 Å². The zero-order valence-electron chi connectivity index (χ0n) is 18.1. The summed E-state index contributed by atoms with van der Waals surface area (Å²) >= 11 is 1.35. The van der Waals surface area contributed by atoms with Gasteiger partial charge in [-0.05, 0) is 56.5 Å². The van der Waals surface area contributed by atoms with Crippen molar-refractivity contribution in [3.63, 3.8) is 0 Å². The quantitative estimate of drug-likeness (QED) is 0.523. The van der Waals surface area contributed by atoms with Gasteiger partial charge in [0.2, 0.25) is 5.91 Å². The molecule has 1 amide bonds. The Morgan fingerprint density at radius 3 is 2.57 bits per heavy atom. The van der Waals surface area contributed by atoms with E-state index in [1.807, 2.05) is 56.7 Å². The van der Waals surface area contributed by atoms with Crippen LogP contribution < -0.4 is 10.1 Å². The van der Waals surface area contributed by atoms with E-state index in [1.54, 1.807) is 0 Å². The molecule has 1 unspecified atom stereocenters. The highest BCUT2D eigenvalue weighted by Gasteiger charge is 2.18. The third-order valence-corrected chi connectivity index (χ3v) is 5.89. The first-order valence-corrected chi connectivity index (χ1v) is 11.0. The number of anilines is 1. The predicted molar refractivity (Wildman–Crippen MR) is 121 cm³/mol. The van der Waals surface area contributed by atoms with Gasteiger partial charge in [0.1, 0.15) is 5.75 Å². The molecule has 0 aliphatic carbocycles. The van der Waals surface area contributed by atoms with E-state index in [0.29, 0.717) is 11.0 Å². The van der Waals surface area contributed by atoms with Gasteiger partial charge in [0, 0.05) is 12.7 Å². The molecular formula is C23H28N4O2S. The Morgan fingerprint density at radius 2 is 1.90 bits per heavy atom. The summed E-state index contributed by atoms with van der Waals surface area (Å²) in [5.74, 6) is 1.70. The number of hydrogen-bond acceptors (Lipinski definition) is 5. The Hall–Kier alpha value is -2.80. The zero-order chi connectivity index (χ0) is 21.7. The molecule has 0 bridgehead atoms. The SMILES string of the molecule is CCc1ccc(OC(C)c2nnc(SCC(=O)Nc3ccc(C)cc3C)n2C)cc1. The number of nitrogens with one attached hydrogen (secondary N) is 1. The number of aromatic nitrogens is 3.